The minimum absolute atomic E-state index is 0.538. The SMILES string of the molecule is Clc1cccc([C@H]2CCc3ccccc3NC2)c1. The number of hydrogen-bond donors (Lipinski definition) is 1. The lowest BCUT2D eigenvalue weighted by atomic mass is 9.93. The monoisotopic (exact) mass is 257 g/mol. The molecule has 1 aliphatic heterocycles. The van der Waals surface area contributed by atoms with E-state index < -0.39 is 0 Å². The Morgan fingerprint density at radius 3 is 2.83 bits per heavy atom. The molecule has 1 atom stereocenters. The Labute approximate surface area is 113 Å². The Morgan fingerprint density at radius 2 is 1.94 bits per heavy atom. The first-order chi connectivity index (χ1) is 8.83. The van der Waals surface area contributed by atoms with E-state index >= 15 is 0 Å². The van der Waals surface area contributed by atoms with Crippen molar-refractivity contribution in [2.24, 2.45) is 0 Å². The molecule has 0 radical (unpaired) electrons. The Balaban J connectivity index is 1.83. The highest BCUT2D eigenvalue weighted by atomic mass is 35.5. The molecule has 1 aliphatic rings. The van der Waals surface area contributed by atoms with Crippen LogP contribution in [0.3, 0.4) is 0 Å². The average molecular weight is 258 g/mol. The third-order valence-electron chi connectivity index (χ3n) is 3.64. The molecule has 1 N–H and O–H groups in total. The van der Waals surface area contributed by atoms with Crippen LogP contribution in [0, 0.1) is 0 Å². The lowest BCUT2D eigenvalue weighted by molar-refractivity contribution is 0.665. The quantitative estimate of drug-likeness (QED) is 0.794. The van der Waals surface area contributed by atoms with Crippen molar-refractivity contribution in [3.8, 4) is 0 Å². The number of anilines is 1. The number of nitrogens with one attached hydrogen (secondary N) is 1. The van der Waals surface area contributed by atoms with Gasteiger partial charge in [-0.3, -0.25) is 0 Å². The highest BCUT2D eigenvalue weighted by Crippen LogP contribution is 2.30. The summed E-state index contributed by atoms with van der Waals surface area (Å²) in [4.78, 5) is 0. The lowest BCUT2D eigenvalue weighted by Gasteiger charge is -2.15. The van der Waals surface area contributed by atoms with Crippen molar-refractivity contribution in [3.05, 3.63) is 64.7 Å². The normalized spacial score (nSPS) is 18.6. The predicted octanol–water partition coefficient (Wildman–Crippen LogP) is 4.48. The van der Waals surface area contributed by atoms with Crippen molar-refractivity contribution in [2.45, 2.75) is 18.8 Å². The number of fused-ring (bicyclic) bond motifs is 1. The minimum Gasteiger partial charge on any atom is -0.384 e. The van der Waals surface area contributed by atoms with Gasteiger partial charge in [0.25, 0.3) is 0 Å². The molecule has 0 bridgehead atoms. The zero-order valence-corrected chi connectivity index (χ0v) is 11.0. The van der Waals surface area contributed by atoms with Crippen LogP contribution in [0.25, 0.3) is 0 Å². The van der Waals surface area contributed by atoms with Gasteiger partial charge in [-0.15, -0.1) is 0 Å². The number of halogens is 1. The highest BCUT2D eigenvalue weighted by molar-refractivity contribution is 6.30. The Bertz CT molecular complexity index is 523. The first kappa shape index (κ1) is 11.6. The van der Waals surface area contributed by atoms with E-state index in [9.17, 15) is 0 Å². The Morgan fingerprint density at radius 1 is 1.06 bits per heavy atom. The molecule has 0 fully saturated rings. The summed E-state index contributed by atoms with van der Waals surface area (Å²) in [6.45, 7) is 0.983. The maximum Gasteiger partial charge on any atom is 0.0408 e. The molecule has 1 heterocycles. The van der Waals surface area contributed by atoms with Crippen LogP contribution in [0.15, 0.2) is 48.5 Å². The highest BCUT2D eigenvalue weighted by Gasteiger charge is 2.17. The number of rotatable bonds is 1. The van der Waals surface area contributed by atoms with Crippen molar-refractivity contribution in [1.29, 1.82) is 0 Å². The molecule has 0 unspecified atom stereocenters. The van der Waals surface area contributed by atoms with Crippen molar-refractivity contribution >= 4 is 17.3 Å². The van der Waals surface area contributed by atoms with Gasteiger partial charge in [0.05, 0.1) is 0 Å². The predicted molar refractivity (Wildman–Crippen MR) is 77.4 cm³/mol. The van der Waals surface area contributed by atoms with E-state index in [2.05, 4.69) is 41.7 Å². The van der Waals surface area contributed by atoms with Crippen LogP contribution in [0.4, 0.5) is 5.69 Å². The summed E-state index contributed by atoms with van der Waals surface area (Å²) in [7, 11) is 0. The topological polar surface area (TPSA) is 12.0 Å². The summed E-state index contributed by atoms with van der Waals surface area (Å²) in [5.74, 6) is 0.538. The first-order valence-electron chi connectivity index (χ1n) is 6.40. The van der Waals surface area contributed by atoms with Crippen molar-refractivity contribution in [2.75, 3.05) is 11.9 Å². The Kier molecular flexibility index (Phi) is 3.24. The molecule has 2 aromatic carbocycles. The summed E-state index contributed by atoms with van der Waals surface area (Å²) < 4.78 is 0. The zero-order chi connectivity index (χ0) is 12.4. The van der Waals surface area contributed by atoms with Gasteiger partial charge in [-0.2, -0.15) is 0 Å². The molecule has 0 amide bonds. The molecule has 1 nitrogen and oxygen atoms in total. The van der Waals surface area contributed by atoms with Gasteiger partial charge < -0.3 is 5.32 Å². The summed E-state index contributed by atoms with van der Waals surface area (Å²) in [6, 6.07) is 16.8. The maximum absolute atomic E-state index is 6.07. The second kappa shape index (κ2) is 5.03. The number of benzene rings is 2. The molecule has 2 heteroatoms. The molecule has 0 aromatic heterocycles. The van der Waals surface area contributed by atoms with Crippen molar-refractivity contribution < 1.29 is 0 Å². The van der Waals surface area contributed by atoms with Gasteiger partial charge in [0.1, 0.15) is 0 Å². The fraction of sp³-hybridized carbons (Fsp3) is 0.250. The van der Waals surface area contributed by atoms with Crippen molar-refractivity contribution in [1.82, 2.24) is 0 Å². The van der Waals surface area contributed by atoms with Gasteiger partial charge in [-0.25, -0.2) is 0 Å². The molecule has 92 valence electrons. The van der Waals surface area contributed by atoms with Crippen LogP contribution in [0.1, 0.15) is 23.5 Å². The number of hydrogen-bond acceptors (Lipinski definition) is 1. The smallest absolute Gasteiger partial charge is 0.0408 e. The van der Waals surface area contributed by atoms with Gasteiger partial charge in [0.2, 0.25) is 0 Å². The fourth-order valence-electron chi connectivity index (χ4n) is 2.62. The molecular weight excluding hydrogens is 242 g/mol. The summed E-state index contributed by atoms with van der Waals surface area (Å²) in [5.41, 5.74) is 4.03. The van der Waals surface area contributed by atoms with Crippen LogP contribution < -0.4 is 5.32 Å². The van der Waals surface area contributed by atoms with Gasteiger partial charge in [0.15, 0.2) is 0 Å². The van der Waals surface area contributed by atoms with E-state index in [0.717, 1.165) is 18.0 Å². The van der Waals surface area contributed by atoms with Crippen LogP contribution in [0.5, 0.6) is 0 Å². The van der Waals surface area contributed by atoms with Gasteiger partial charge in [-0.05, 0) is 42.2 Å². The lowest BCUT2D eigenvalue weighted by Crippen LogP contribution is -2.10. The third-order valence-corrected chi connectivity index (χ3v) is 3.87. The molecule has 3 rings (SSSR count). The van der Waals surface area contributed by atoms with E-state index in [1.165, 1.54) is 23.2 Å². The molecule has 0 spiro atoms. The molecule has 0 aliphatic carbocycles. The minimum atomic E-state index is 0.538. The molecule has 0 saturated heterocycles. The van der Waals surface area contributed by atoms with Gasteiger partial charge in [-0.1, -0.05) is 41.9 Å². The van der Waals surface area contributed by atoms with E-state index in [4.69, 9.17) is 11.6 Å². The van der Waals surface area contributed by atoms with E-state index in [1.807, 2.05) is 12.1 Å². The van der Waals surface area contributed by atoms with E-state index in [1.54, 1.807) is 0 Å². The van der Waals surface area contributed by atoms with E-state index in [-0.39, 0.29) is 0 Å². The summed E-state index contributed by atoms with van der Waals surface area (Å²) in [5, 5.41) is 4.38. The van der Waals surface area contributed by atoms with Crippen LogP contribution in [-0.2, 0) is 6.42 Å². The molecule has 18 heavy (non-hydrogen) atoms. The van der Waals surface area contributed by atoms with Crippen LogP contribution >= 0.6 is 11.6 Å². The molecule has 0 saturated carbocycles. The second-order valence-electron chi connectivity index (χ2n) is 4.83. The number of aryl methyl sites for hydroxylation is 1. The van der Waals surface area contributed by atoms with Crippen LogP contribution in [0.2, 0.25) is 5.02 Å². The number of para-hydroxylation sites is 1. The largest absolute Gasteiger partial charge is 0.384 e. The maximum atomic E-state index is 6.07. The average Bonchev–Trinajstić information content (AvgIpc) is 2.61. The molecular formula is C16H16ClN. The van der Waals surface area contributed by atoms with Crippen LogP contribution in [-0.4, -0.2) is 6.54 Å². The third kappa shape index (κ3) is 2.37. The summed E-state index contributed by atoms with van der Waals surface area (Å²) in [6.07, 6.45) is 2.30. The van der Waals surface area contributed by atoms with E-state index in [0.29, 0.717) is 5.92 Å². The van der Waals surface area contributed by atoms with Crippen molar-refractivity contribution in [3.63, 3.8) is 0 Å². The second-order valence-corrected chi connectivity index (χ2v) is 5.27. The summed E-state index contributed by atoms with van der Waals surface area (Å²) >= 11 is 6.07. The zero-order valence-electron chi connectivity index (χ0n) is 10.2. The van der Waals surface area contributed by atoms with Gasteiger partial charge in [0, 0.05) is 23.2 Å². The van der Waals surface area contributed by atoms with Gasteiger partial charge >= 0.3 is 0 Å². The molecule has 2 aromatic rings. The Hall–Kier alpha value is -1.47. The fourth-order valence-corrected chi connectivity index (χ4v) is 2.82. The first-order valence-corrected chi connectivity index (χ1v) is 6.78. The standard InChI is InChI=1S/C16H16ClN/c17-15-6-3-5-13(10-15)14-9-8-12-4-1-2-7-16(12)18-11-14/h1-7,10,14,18H,8-9,11H2/t14-/m0/s1.